The minimum absolute atomic E-state index is 0.112. The smallest absolute Gasteiger partial charge is 0.236 e. The van der Waals surface area contributed by atoms with E-state index >= 15 is 0 Å². The molecule has 2 atom stereocenters. The number of likely N-dealkylation sites (N-methyl/N-ethyl adjacent to an activating group) is 1. The van der Waals surface area contributed by atoms with E-state index in [1.54, 1.807) is 23.7 Å². The van der Waals surface area contributed by atoms with Gasteiger partial charge in [0.15, 0.2) is 0 Å². The average Bonchev–Trinajstić information content (AvgIpc) is 2.27. The second-order valence-corrected chi connectivity index (χ2v) is 5.66. The van der Waals surface area contributed by atoms with E-state index < -0.39 is 0 Å². The third kappa shape index (κ3) is 3.34. The first-order valence-corrected chi connectivity index (χ1v) is 6.67. The highest BCUT2D eigenvalue weighted by Crippen LogP contribution is 2.26. The van der Waals surface area contributed by atoms with Crippen molar-refractivity contribution in [3.8, 4) is 0 Å². The molecular formula is C10H18N2OS2. The van der Waals surface area contributed by atoms with Gasteiger partial charge >= 0.3 is 0 Å². The van der Waals surface area contributed by atoms with Gasteiger partial charge in [0.05, 0.1) is 16.3 Å². The molecule has 1 aliphatic heterocycles. The molecule has 0 radical (unpaired) electrons. The third-order valence-electron chi connectivity index (χ3n) is 2.80. The van der Waals surface area contributed by atoms with Crippen LogP contribution in [0.5, 0.6) is 0 Å². The lowest BCUT2D eigenvalue weighted by Crippen LogP contribution is -2.46. The maximum absolute atomic E-state index is 12.0. The van der Waals surface area contributed by atoms with Crippen LogP contribution in [-0.4, -0.2) is 39.9 Å². The van der Waals surface area contributed by atoms with Crippen LogP contribution < -0.4 is 5.73 Å². The van der Waals surface area contributed by atoms with Gasteiger partial charge in [-0.15, -0.1) is 11.8 Å². The largest absolute Gasteiger partial charge is 0.392 e. The monoisotopic (exact) mass is 246 g/mol. The Labute approximate surface area is 101 Å². The van der Waals surface area contributed by atoms with Crippen molar-refractivity contribution in [3.05, 3.63) is 0 Å². The van der Waals surface area contributed by atoms with Crippen LogP contribution in [0.2, 0.25) is 0 Å². The average molecular weight is 246 g/mol. The van der Waals surface area contributed by atoms with Crippen molar-refractivity contribution < 1.29 is 4.79 Å². The van der Waals surface area contributed by atoms with Gasteiger partial charge in [-0.1, -0.05) is 18.6 Å². The molecule has 86 valence electrons. The Morgan fingerprint density at radius 1 is 1.60 bits per heavy atom. The Morgan fingerprint density at radius 3 is 2.73 bits per heavy atom. The topological polar surface area (TPSA) is 46.3 Å². The Hall–Kier alpha value is -0.290. The van der Waals surface area contributed by atoms with Gasteiger partial charge in [-0.05, 0) is 25.5 Å². The van der Waals surface area contributed by atoms with E-state index in [0.29, 0.717) is 4.99 Å². The molecular weight excluding hydrogens is 228 g/mol. The Balaban J connectivity index is 2.54. The molecule has 1 amide bonds. The molecule has 0 aromatic heterocycles. The number of nitrogens with two attached hydrogens (primary N) is 1. The summed E-state index contributed by atoms with van der Waals surface area (Å²) in [4.78, 5) is 14.1. The number of carbonyl (C=O) groups excluding carboxylic acids is 1. The minimum Gasteiger partial charge on any atom is -0.392 e. The molecule has 1 heterocycles. The molecule has 2 N–H and O–H groups in total. The van der Waals surface area contributed by atoms with Crippen LogP contribution in [0, 0.1) is 0 Å². The zero-order valence-electron chi connectivity index (χ0n) is 9.23. The quantitative estimate of drug-likeness (QED) is 0.765. The van der Waals surface area contributed by atoms with Gasteiger partial charge in [-0.25, -0.2) is 0 Å². The molecule has 0 aromatic rings. The van der Waals surface area contributed by atoms with E-state index in [-0.39, 0.29) is 17.2 Å². The van der Waals surface area contributed by atoms with Crippen LogP contribution in [0.15, 0.2) is 0 Å². The molecule has 0 bridgehead atoms. The van der Waals surface area contributed by atoms with Crippen LogP contribution in [0.1, 0.15) is 26.2 Å². The highest BCUT2D eigenvalue weighted by molar-refractivity contribution is 8.00. The highest BCUT2D eigenvalue weighted by atomic mass is 32.2. The number of amides is 1. The maximum atomic E-state index is 12.0. The summed E-state index contributed by atoms with van der Waals surface area (Å²) in [5.41, 5.74) is 5.53. The number of rotatable bonds is 3. The lowest BCUT2D eigenvalue weighted by atomic mass is 10.1. The van der Waals surface area contributed by atoms with Crippen molar-refractivity contribution in [2.75, 3.05) is 12.8 Å². The molecule has 2 unspecified atom stereocenters. The molecule has 5 heteroatoms. The van der Waals surface area contributed by atoms with Crippen molar-refractivity contribution in [1.29, 1.82) is 0 Å². The predicted molar refractivity (Wildman–Crippen MR) is 69.1 cm³/mol. The first-order valence-electron chi connectivity index (χ1n) is 5.21. The fourth-order valence-electron chi connectivity index (χ4n) is 1.54. The standard InChI is InChI=1S/C10H18N2OS2/c1-7(9(11)14)12(2)10(13)8-5-3-4-6-15-8/h7-8H,3-6H2,1-2H3,(H2,11,14). The normalized spacial score (nSPS) is 23.2. The number of thioether (sulfide) groups is 1. The van der Waals surface area contributed by atoms with Crippen LogP contribution in [0.4, 0.5) is 0 Å². The molecule has 3 nitrogen and oxygen atoms in total. The SMILES string of the molecule is CC(C(N)=S)N(C)C(=O)C1CCCCS1. The summed E-state index contributed by atoms with van der Waals surface area (Å²) in [6.45, 7) is 1.87. The van der Waals surface area contributed by atoms with E-state index in [9.17, 15) is 4.79 Å². The molecule has 0 saturated carbocycles. The fraction of sp³-hybridized carbons (Fsp3) is 0.800. The van der Waals surface area contributed by atoms with Gasteiger partial charge in [0, 0.05) is 7.05 Å². The molecule has 1 rings (SSSR count). The van der Waals surface area contributed by atoms with E-state index in [2.05, 4.69) is 0 Å². The molecule has 15 heavy (non-hydrogen) atoms. The molecule has 1 fully saturated rings. The van der Waals surface area contributed by atoms with Crippen molar-refractivity contribution in [2.45, 2.75) is 37.5 Å². The number of hydrogen-bond donors (Lipinski definition) is 1. The van der Waals surface area contributed by atoms with Gasteiger partial charge in [-0.2, -0.15) is 0 Å². The first kappa shape index (κ1) is 12.8. The van der Waals surface area contributed by atoms with Crippen LogP contribution in [0.25, 0.3) is 0 Å². The summed E-state index contributed by atoms with van der Waals surface area (Å²) in [6.07, 6.45) is 3.36. The number of nitrogens with zero attached hydrogens (tertiary/aromatic N) is 1. The molecule has 1 aliphatic rings. The van der Waals surface area contributed by atoms with E-state index in [0.717, 1.165) is 18.6 Å². The summed E-state index contributed by atoms with van der Waals surface area (Å²) in [5, 5.41) is 0.112. The number of thiocarbonyl (C=S) groups is 1. The van der Waals surface area contributed by atoms with Crippen LogP contribution in [0.3, 0.4) is 0 Å². The Morgan fingerprint density at radius 2 is 2.27 bits per heavy atom. The predicted octanol–water partition coefficient (Wildman–Crippen LogP) is 1.41. The summed E-state index contributed by atoms with van der Waals surface area (Å²) in [7, 11) is 1.78. The Kier molecular flexibility index (Phi) is 4.86. The number of carbonyl (C=O) groups is 1. The summed E-state index contributed by atoms with van der Waals surface area (Å²) in [6, 6.07) is -0.143. The highest BCUT2D eigenvalue weighted by Gasteiger charge is 2.27. The lowest BCUT2D eigenvalue weighted by Gasteiger charge is -2.29. The molecule has 0 spiro atoms. The minimum atomic E-state index is -0.143. The maximum Gasteiger partial charge on any atom is 0.236 e. The van der Waals surface area contributed by atoms with Gasteiger partial charge in [0.25, 0.3) is 0 Å². The lowest BCUT2D eigenvalue weighted by molar-refractivity contribution is -0.130. The van der Waals surface area contributed by atoms with Crippen molar-refractivity contribution in [1.82, 2.24) is 4.90 Å². The van der Waals surface area contributed by atoms with Gasteiger partial charge in [-0.3, -0.25) is 4.79 Å². The van der Waals surface area contributed by atoms with Crippen LogP contribution in [-0.2, 0) is 4.79 Å². The van der Waals surface area contributed by atoms with E-state index in [1.165, 1.54) is 6.42 Å². The zero-order valence-corrected chi connectivity index (χ0v) is 10.9. The van der Waals surface area contributed by atoms with E-state index in [4.69, 9.17) is 18.0 Å². The first-order chi connectivity index (χ1) is 7.04. The molecule has 0 aromatic carbocycles. The summed E-state index contributed by atoms with van der Waals surface area (Å²) >= 11 is 6.65. The second-order valence-electron chi connectivity index (χ2n) is 3.88. The fourth-order valence-corrected chi connectivity index (χ4v) is 3.00. The van der Waals surface area contributed by atoms with Crippen molar-refractivity contribution in [3.63, 3.8) is 0 Å². The molecule has 0 aliphatic carbocycles. The summed E-state index contributed by atoms with van der Waals surface area (Å²) in [5.74, 6) is 1.26. The number of hydrogen-bond acceptors (Lipinski definition) is 3. The third-order valence-corrected chi connectivity index (χ3v) is 4.50. The van der Waals surface area contributed by atoms with Crippen LogP contribution >= 0.6 is 24.0 Å². The van der Waals surface area contributed by atoms with Gasteiger partial charge in [0.1, 0.15) is 0 Å². The van der Waals surface area contributed by atoms with Gasteiger partial charge in [0.2, 0.25) is 5.91 Å². The van der Waals surface area contributed by atoms with Crippen molar-refractivity contribution >= 4 is 34.9 Å². The molecule has 1 saturated heterocycles. The second kappa shape index (κ2) is 5.70. The summed E-state index contributed by atoms with van der Waals surface area (Å²) < 4.78 is 0. The zero-order chi connectivity index (χ0) is 11.4. The van der Waals surface area contributed by atoms with E-state index in [1.807, 2.05) is 6.92 Å². The van der Waals surface area contributed by atoms with Crippen molar-refractivity contribution in [2.24, 2.45) is 5.73 Å². The van der Waals surface area contributed by atoms with Gasteiger partial charge < -0.3 is 10.6 Å². The Bertz CT molecular complexity index is 252.